The molecule has 0 atom stereocenters. The Balaban J connectivity index is 2.68. The fraction of sp³-hybridized carbons (Fsp3) is 0.643. The number of pyridine rings is 1. The third-order valence-electron chi connectivity index (χ3n) is 2.57. The molecule has 0 aliphatic heterocycles. The number of nitrogens with two attached hydrogens (primary N) is 1. The van der Waals surface area contributed by atoms with Gasteiger partial charge in [0.2, 0.25) is 0 Å². The van der Waals surface area contributed by atoms with Gasteiger partial charge in [0, 0.05) is 31.4 Å². The first kappa shape index (κ1) is 14.0. The van der Waals surface area contributed by atoms with E-state index in [9.17, 15) is 0 Å². The lowest BCUT2D eigenvalue weighted by Gasteiger charge is -2.26. The quantitative estimate of drug-likeness (QED) is 0.824. The summed E-state index contributed by atoms with van der Waals surface area (Å²) < 4.78 is 0. The van der Waals surface area contributed by atoms with Crippen molar-refractivity contribution < 1.29 is 0 Å². The molecule has 3 nitrogen and oxygen atoms in total. The van der Waals surface area contributed by atoms with Crippen LogP contribution in [0, 0.1) is 11.8 Å². The van der Waals surface area contributed by atoms with Gasteiger partial charge in [-0.3, -0.25) is 4.90 Å². The van der Waals surface area contributed by atoms with E-state index in [0.717, 1.165) is 25.2 Å². The van der Waals surface area contributed by atoms with E-state index >= 15 is 0 Å². The minimum Gasteiger partial charge on any atom is -0.383 e. The minimum absolute atomic E-state index is 0.657. The second-order valence-corrected chi connectivity index (χ2v) is 5.53. The van der Waals surface area contributed by atoms with Gasteiger partial charge in [0.1, 0.15) is 5.82 Å². The first-order chi connectivity index (χ1) is 7.99. The van der Waals surface area contributed by atoms with Gasteiger partial charge in [-0.25, -0.2) is 4.98 Å². The van der Waals surface area contributed by atoms with Crippen molar-refractivity contribution in [2.24, 2.45) is 11.8 Å². The first-order valence-electron chi connectivity index (χ1n) is 6.40. The van der Waals surface area contributed by atoms with Crippen molar-refractivity contribution in [2.45, 2.75) is 34.2 Å². The summed E-state index contributed by atoms with van der Waals surface area (Å²) in [6.07, 6.45) is 1.74. The maximum atomic E-state index is 5.89. The Morgan fingerprint density at radius 1 is 1.18 bits per heavy atom. The van der Waals surface area contributed by atoms with Crippen molar-refractivity contribution in [3.8, 4) is 0 Å². The van der Waals surface area contributed by atoms with Gasteiger partial charge < -0.3 is 5.73 Å². The van der Waals surface area contributed by atoms with E-state index < -0.39 is 0 Å². The Hall–Kier alpha value is -1.09. The summed E-state index contributed by atoms with van der Waals surface area (Å²) in [7, 11) is 0. The van der Waals surface area contributed by atoms with Crippen LogP contribution in [0.15, 0.2) is 18.3 Å². The zero-order valence-corrected chi connectivity index (χ0v) is 11.5. The van der Waals surface area contributed by atoms with Crippen LogP contribution in [0.3, 0.4) is 0 Å². The molecule has 17 heavy (non-hydrogen) atoms. The van der Waals surface area contributed by atoms with Crippen LogP contribution in [0.2, 0.25) is 0 Å². The number of aromatic nitrogens is 1. The lowest BCUT2D eigenvalue weighted by molar-refractivity contribution is 0.211. The first-order valence-corrected chi connectivity index (χ1v) is 6.40. The fourth-order valence-electron chi connectivity index (χ4n) is 2.06. The van der Waals surface area contributed by atoms with Crippen molar-refractivity contribution in [3.63, 3.8) is 0 Å². The second-order valence-electron chi connectivity index (χ2n) is 5.53. The average Bonchev–Trinajstić information content (AvgIpc) is 2.19. The molecule has 0 aliphatic rings. The van der Waals surface area contributed by atoms with Gasteiger partial charge in [-0.1, -0.05) is 33.8 Å². The molecule has 0 radical (unpaired) electrons. The molecular formula is C14H25N3. The monoisotopic (exact) mass is 235 g/mol. The number of rotatable bonds is 6. The van der Waals surface area contributed by atoms with Crippen LogP contribution < -0.4 is 5.73 Å². The van der Waals surface area contributed by atoms with E-state index in [1.165, 1.54) is 0 Å². The van der Waals surface area contributed by atoms with Gasteiger partial charge in [0.15, 0.2) is 0 Å². The highest BCUT2D eigenvalue weighted by Crippen LogP contribution is 2.13. The number of nitrogen functional groups attached to an aromatic ring is 1. The largest absolute Gasteiger partial charge is 0.383 e. The molecule has 0 aromatic carbocycles. The van der Waals surface area contributed by atoms with Gasteiger partial charge in [-0.05, 0) is 17.9 Å². The highest BCUT2D eigenvalue weighted by Gasteiger charge is 2.11. The van der Waals surface area contributed by atoms with E-state index in [4.69, 9.17) is 5.73 Å². The molecule has 1 heterocycles. The van der Waals surface area contributed by atoms with E-state index in [2.05, 4.69) is 43.6 Å². The van der Waals surface area contributed by atoms with Crippen LogP contribution in [-0.4, -0.2) is 23.0 Å². The lowest BCUT2D eigenvalue weighted by atomic mass is 10.1. The summed E-state index contributed by atoms with van der Waals surface area (Å²) in [6.45, 7) is 12.1. The van der Waals surface area contributed by atoms with Crippen molar-refractivity contribution in [1.29, 1.82) is 0 Å². The van der Waals surface area contributed by atoms with Crippen molar-refractivity contribution in [1.82, 2.24) is 9.88 Å². The third kappa shape index (κ3) is 5.18. The molecule has 0 fully saturated rings. The Morgan fingerprint density at radius 2 is 1.76 bits per heavy atom. The Morgan fingerprint density at radius 3 is 2.24 bits per heavy atom. The van der Waals surface area contributed by atoms with Crippen molar-refractivity contribution in [3.05, 3.63) is 23.9 Å². The molecule has 96 valence electrons. The van der Waals surface area contributed by atoms with Gasteiger partial charge in [0.25, 0.3) is 0 Å². The number of hydrogen-bond acceptors (Lipinski definition) is 3. The second kappa shape index (κ2) is 6.60. The van der Waals surface area contributed by atoms with E-state index in [-0.39, 0.29) is 0 Å². The summed E-state index contributed by atoms with van der Waals surface area (Å²) in [5, 5.41) is 0. The van der Waals surface area contributed by atoms with E-state index in [1.54, 1.807) is 6.20 Å². The van der Waals surface area contributed by atoms with Gasteiger partial charge in [-0.2, -0.15) is 0 Å². The molecule has 1 aromatic heterocycles. The maximum absolute atomic E-state index is 5.89. The average molecular weight is 235 g/mol. The maximum Gasteiger partial charge on any atom is 0.127 e. The van der Waals surface area contributed by atoms with Gasteiger partial charge >= 0.3 is 0 Å². The van der Waals surface area contributed by atoms with Crippen LogP contribution in [-0.2, 0) is 6.54 Å². The molecule has 0 unspecified atom stereocenters. The Bertz CT molecular complexity index is 324. The third-order valence-corrected chi connectivity index (χ3v) is 2.57. The molecule has 0 saturated carbocycles. The van der Waals surface area contributed by atoms with Gasteiger partial charge in [-0.15, -0.1) is 0 Å². The van der Waals surface area contributed by atoms with E-state index in [0.29, 0.717) is 17.7 Å². The molecule has 0 bridgehead atoms. The molecule has 1 aromatic rings. The smallest absolute Gasteiger partial charge is 0.127 e. The van der Waals surface area contributed by atoms with Crippen LogP contribution in [0.5, 0.6) is 0 Å². The van der Waals surface area contributed by atoms with Crippen LogP contribution in [0.4, 0.5) is 5.82 Å². The van der Waals surface area contributed by atoms with Gasteiger partial charge in [0.05, 0.1) is 0 Å². The van der Waals surface area contributed by atoms with Crippen LogP contribution >= 0.6 is 0 Å². The Labute approximate surface area is 105 Å². The summed E-state index contributed by atoms with van der Waals surface area (Å²) >= 11 is 0. The van der Waals surface area contributed by atoms with Crippen LogP contribution in [0.1, 0.15) is 33.3 Å². The summed E-state index contributed by atoms with van der Waals surface area (Å²) in [5.74, 6) is 2.00. The molecule has 0 saturated heterocycles. The topological polar surface area (TPSA) is 42.2 Å². The van der Waals surface area contributed by atoms with Crippen molar-refractivity contribution in [2.75, 3.05) is 18.8 Å². The molecule has 0 spiro atoms. The summed E-state index contributed by atoms with van der Waals surface area (Å²) in [4.78, 5) is 6.60. The molecular weight excluding hydrogens is 210 g/mol. The normalized spacial score (nSPS) is 11.7. The number of hydrogen-bond donors (Lipinski definition) is 1. The fourth-order valence-corrected chi connectivity index (χ4v) is 2.06. The zero-order valence-electron chi connectivity index (χ0n) is 11.5. The predicted molar refractivity (Wildman–Crippen MR) is 73.6 cm³/mol. The molecule has 3 heteroatoms. The molecule has 1 rings (SSSR count). The molecule has 0 aliphatic carbocycles. The summed E-state index contributed by atoms with van der Waals surface area (Å²) in [6, 6.07) is 4.02. The SMILES string of the molecule is CC(C)CN(Cc1cccnc1N)CC(C)C. The molecule has 0 amide bonds. The Kier molecular flexibility index (Phi) is 5.42. The minimum atomic E-state index is 0.657. The highest BCUT2D eigenvalue weighted by atomic mass is 15.1. The number of anilines is 1. The summed E-state index contributed by atoms with van der Waals surface area (Å²) in [5.41, 5.74) is 7.03. The highest BCUT2D eigenvalue weighted by molar-refractivity contribution is 5.38. The predicted octanol–water partition coefficient (Wildman–Crippen LogP) is 2.78. The number of nitrogens with zero attached hydrogens (tertiary/aromatic N) is 2. The standard InChI is InChI=1S/C14H25N3/c1-11(2)8-17(9-12(3)4)10-13-6-5-7-16-14(13)15/h5-7,11-12H,8-10H2,1-4H3,(H2,15,16). The van der Waals surface area contributed by atoms with Crippen molar-refractivity contribution >= 4 is 5.82 Å². The van der Waals surface area contributed by atoms with E-state index in [1.807, 2.05) is 6.07 Å². The molecule has 2 N–H and O–H groups in total. The lowest BCUT2D eigenvalue weighted by Crippen LogP contribution is -2.31. The zero-order chi connectivity index (χ0) is 12.8. The van der Waals surface area contributed by atoms with Crippen LogP contribution in [0.25, 0.3) is 0 Å².